The fourth-order valence-electron chi connectivity index (χ4n) is 1.34. The van der Waals surface area contributed by atoms with Crippen molar-refractivity contribution in [3.05, 3.63) is 35.1 Å². The van der Waals surface area contributed by atoms with Crippen LogP contribution in [0.15, 0.2) is 18.2 Å². The van der Waals surface area contributed by atoms with Crippen LogP contribution in [0.1, 0.15) is 15.9 Å². The zero-order chi connectivity index (χ0) is 14.6. The maximum Gasteiger partial charge on any atom is 0.419 e. The molecular formula is C11H11F4NO3. The van der Waals surface area contributed by atoms with Crippen LogP contribution in [-0.4, -0.2) is 35.4 Å². The second-order valence-corrected chi connectivity index (χ2v) is 3.70. The summed E-state index contributed by atoms with van der Waals surface area (Å²) < 4.78 is 50.9. The lowest BCUT2D eigenvalue weighted by atomic mass is 10.1. The van der Waals surface area contributed by atoms with Crippen LogP contribution in [0.25, 0.3) is 0 Å². The molecule has 0 unspecified atom stereocenters. The van der Waals surface area contributed by atoms with Gasteiger partial charge in [0.25, 0.3) is 5.91 Å². The normalized spacial score (nSPS) is 11.7. The fraction of sp³-hybridized carbons (Fsp3) is 0.364. The number of hydrogen-bond donors (Lipinski definition) is 3. The first-order chi connectivity index (χ1) is 8.81. The largest absolute Gasteiger partial charge is 0.419 e. The van der Waals surface area contributed by atoms with Crippen LogP contribution in [0.5, 0.6) is 0 Å². The van der Waals surface area contributed by atoms with Gasteiger partial charge in [-0.2, -0.15) is 13.2 Å². The quantitative estimate of drug-likeness (QED) is 0.719. The fourth-order valence-corrected chi connectivity index (χ4v) is 1.34. The number of carbonyl (C=O) groups is 1. The summed E-state index contributed by atoms with van der Waals surface area (Å²) in [5, 5.41) is 19.5. The monoisotopic (exact) mass is 281 g/mol. The lowest BCUT2D eigenvalue weighted by Gasteiger charge is -2.15. The Morgan fingerprint density at radius 1 is 1.26 bits per heavy atom. The second-order valence-electron chi connectivity index (χ2n) is 3.70. The van der Waals surface area contributed by atoms with E-state index in [0.717, 1.165) is 12.1 Å². The van der Waals surface area contributed by atoms with Gasteiger partial charge in [-0.15, -0.1) is 0 Å². The van der Waals surface area contributed by atoms with Crippen LogP contribution in [0.2, 0.25) is 0 Å². The highest BCUT2D eigenvalue weighted by Gasteiger charge is 2.35. The van der Waals surface area contributed by atoms with Crippen molar-refractivity contribution in [3.8, 4) is 0 Å². The van der Waals surface area contributed by atoms with Gasteiger partial charge in [0.1, 0.15) is 5.82 Å². The topological polar surface area (TPSA) is 69.6 Å². The average Bonchev–Trinajstić information content (AvgIpc) is 2.34. The number of rotatable bonds is 4. The van der Waals surface area contributed by atoms with Gasteiger partial charge in [-0.05, 0) is 12.1 Å². The number of benzene rings is 1. The van der Waals surface area contributed by atoms with Crippen molar-refractivity contribution in [3.63, 3.8) is 0 Å². The third-order valence-electron chi connectivity index (χ3n) is 2.32. The minimum absolute atomic E-state index is 0.516. The summed E-state index contributed by atoms with van der Waals surface area (Å²) in [4.78, 5) is 11.5. The van der Waals surface area contributed by atoms with E-state index in [-0.39, 0.29) is 0 Å². The van der Waals surface area contributed by atoms with Gasteiger partial charge < -0.3 is 15.5 Å². The van der Waals surface area contributed by atoms with E-state index < -0.39 is 48.3 Å². The van der Waals surface area contributed by atoms with Crippen LogP contribution in [-0.2, 0) is 6.18 Å². The zero-order valence-corrected chi connectivity index (χ0v) is 9.54. The Hall–Kier alpha value is -1.67. The lowest BCUT2D eigenvalue weighted by molar-refractivity contribution is -0.140. The van der Waals surface area contributed by atoms with E-state index in [2.05, 4.69) is 0 Å². The molecule has 0 aromatic heterocycles. The molecule has 4 nitrogen and oxygen atoms in total. The van der Waals surface area contributed by atoms with Gasteiger partial charge in [0.05, 0.1) is 30.4 Å². The molecule has 0 fully saturated rings. The molecule has 19 heavy (non-hydrogen) atoms. The van der Waals surface area contributed by atoms with Crippen LogP contribution in [0, 0.1) is 5.82 Å². The summed E-state index contributed by atoms with van der Waals surface area (Å²) in [6.45, 7) is -1.24. The summed E-state index contributed by atoms with van der Waals surface area (Å²) in [5.74, 6) is -2.83. The van der Waals surface area contributed by atoms with Gasteiger partial charge in [-0.3, -0.25) is 4.79 Å². The Kier molecular flexibility index (Phi) is 4.84. The smallest absolute Gasteiger partial charge is 0.394 e. The number of alkyl halides is 3. The van der Waals surface area contributed by atoms with E-state index in [4.69, 9.17) is 10.2 Å². The molecule has 0 saturated heterocycles. The standard InChI is InChI=1S/C11H11F4NO3/c12-9-7(10(19)16-6(4-17)5-18)2-1-3-8(9)11(13,14)15/h1-3,6,17-18H,4-5H2,(H,16,19). The van der Waals surface area contributed by atoms with Gasteiger partial charge in [0, 0.05) is 0 Å². The molecule has 8 heteroatoms. The molecule has 106 valence electrons. The van der Waals surface area contributed by atoms with Crippen molar-refractivity contribution in [2.24, 2.45) is 0 Å². The predicted molar refractivity (Wildman–Crippen MR) is 56.8 cm³/mol. The number of nitrogens with one attached hydrogen (secondary N) is 1. The molecule has 0 aliphatic rings. The first kappa shape index (κ1) is 15.4. The molecule has 1 rings (SSSR count). The predicted octanol–water partition coefficient (Wildman–Crippen LogP) is 0.927. The summed E-state index contributed by atoms with van der Waals surface area (Å²) in [7, 11) is 0. The van der Waals surface area contributed by atoms with Crippen molar-refractivity contribution >= 4 is 5.91 Å². The number of amides is 1. The number of halogens is 4. The minimum Gasteiger partial charge on any atom is -0.394 e. The van der Waals surface area contributed by atoms with E-state index in [1.807, 2.05) is 5.32 Å². The van der Waals surface area contributed by atoms with Gasteiger partial charge in [-0.25, -0.2) is 4.39 Å². The number of aliphatic hydroxyl groups is 2. The molecule has 0 atom stereocenters. The molecule has 0 aliphatic heterocycles. The van der Waals surface area contributed by atoms with Crippen molar-refractivity contribution in [1.82, 2.24) is 5.32 Å². The Morgan fingerprint density at radius 3 is 2.32 bits per heavy atom. The summed E-state index contributed by atoms with van der Waals surface area (Å²) in [5.41, 5.74) is -2.36. The third-order valence-corrected chi connectivity index (χ3v) is 2.32. The first-order valence-corrected chi connectivity index (χ1v) is 5.19. The highest BCUT2D eigenvalue weighted by molar-refractivity contribution is 5.94. The highest BCUT2D eigenvalue weighted by atomic mass is 19.4. The lowest BCUT2D eigenvalue weighted by Crippen LogP contribution is -2.40. The molecule has 1 aromatic rings. The van der Waals surface area contributed by atoms with E-state index in [9.17, 15) is 22.4 Å². The SMILES string of the molecule is O=C(NC(CO)CO)c1cccc(C(F)(F)F)c1F. The van der Waals surface area contributed by atoms with E-state index >= 15 is 0 Å². The van der Waals surface area contributed by atoms with Crippen molar-refractivity contribution in [2.75, 3.05) is 13.2 Å². The molecular weight excluding hydrogens is 270 g/mol. The van der Waals surface area contributed by atoms with Crippen LogP contribution in [0.3, 0.4) is 0 Å². The maximum absolute atomic E-state index is 13.6. The van der Waals surface area contributed by atoms with E-state index in [1.165, 1.54) is 0 Å². The van der Waals surface area contributed by atoms with Gasteiger partial charge in [0.15, 0.2) is 0 Å². The molecule has 0 radical (unpaired) electrons. The average molecular weight is 281 g/mol. The molecule has 1 aromatic carbocycles. The molecule has 1 amide bonds. The van der Waals surface area contributed by atoms with Crippen molar-refractivity contribution in [1.29, 1.82) is 0 Å². The van der Waals surface area contributed by atoms with Crippen LogP contribution < -0.4 is 5.32 Å². The van der Waals surface area contributed by atoms with Crippen molar-refractivity contribution < 1.29 is 32.6 Å². The summed E-state index contributed by atoms with van der Waals surface area (Å²) in [6.07, 6.45) is -4.91. The first-order valence-electron chi connectivity index (χ1n) is 5.19. The molecule has 0 heterocycles. The van der Waals surface area contributed by atoms with Crippen LogP contribution in [0.4, 0.5) is 17.6 Å². The Labute approximate surface area is 105 Å². The number of carbonyl (C=O) groups excluding carboxylic acids is 1. The molecule has 0 saturated carbocycles. The van der Waals surface area contributed by atoms with E-state index in [1.54, 1.807) is 0 Å². The molecule has 0 aliphatic carbocycles. The highest BCUT2D eigenvalue weighted by Crippen LogP contribution is 2.32. The Balaban J connectivity index is 3.05. The molecule has 0 bridgehead atoms. The molecule has 3 N–H and O–H groups in total. The number of aliphatic hydroxyl groups excluding tert-OH is 2. The van der Waals surface area contributed by atoms with Gasteiger partial charge >= 0.3 is 6.18 Å². The second kappa shape index (κ2) is 5.98. The van der Waals surface area contributed by atoms with Crippen molar-refractivity contribution in [2.45, 2.75) is 12.2 Å². The third kappa shape index (κ3) is 3.65. The molecule has 0 spiro atoms. The Bertz CT molecular complexity index is 458. The zero-order valence-electron chi connectivity index (χ0n) is 9.54. The van der Waals surface area contributed by atoms with E-state index in [0.29, 0.717) is 6.07 Å². The van der Waals surface area contributed by atoms with Gasteiger partial charge in [0.2, 0.25) is 0 Å². The Morgan fingerprint density at radius 2 is 1.84 bits per heavy atom. The maximum atomic E-state index is 13.6. The minimum atomic E-state index is -4.91. The number of hydrogen-bond acceptors (Lipinski definition) is 3. The van der Waals surface area contributed by atoms with Crippen LogP contribution >= 0.6 is 0 Å². The summed E-state index contributed by atoms with van der Waals surface area (Å²) >= 11 is 0. The van der Waals surface area contributed by atoms with Gasteiger partial charge in [-0.1, -0.05) is 6.07 Å². The summed E-state index contributed by atoms with van der Waals surface area (Å²) in [6, 6.07) is 1.22.